The van der Waals surface area contributed by atoms with Crippen molar-refractivity contribution < 1.29 is 4.39 Å². The lowest BCUT2D eigenvalue weighted by Crippen LogP contribution is -2.13. The second-order valence-electron chi connectivity index (χ2n) is 8.03. The highest BCUT2D eigenvalue weighted by Crippen LogP contribution is 2.37. The van der Waals surface area contributed by atoms with E-state index in [1.165, 1.54) is 62.1 Å². The minimum absolute atomic E-state index is 0.118. The lowest BCUT2D eigenvalue weighted by atomic mass is 9.77. The van der Waals surface area contributed by atoms with Gasteiger partial charge in [0, 0.05) is 0 Å². The molecule has 0 aromatic heterocycles. The molecule has 2 heteroatoms. The summed E-state index contributed by atoms with van der Waals surface area (Å²) < 4.78 is 13.7. The third kappa shape index (κ3) is 5.42. The van der Waals surface area contributed by atoms with Gasteiger partial charge in [0.15, 0.2) is 0 Å². The molecule has 0 amide bonds. The summed E-state index contributed by atoms with van der Waals surface area (Å²) in [5.74, 6) is 1.26. The Labute approximate surface area is 163 Å². The van der Waals surface area contributed by atoms with Crippen LogP contribution < -0.4 is 0 Å². The Morgan fingerprint density at radius 2 is 1.63 bits per heavy atom. The number of aryl methyl sites for hydroxylation is 2. The van der Waals surface area contributed by atoms with Crippen LogP contribution in [0.25, 0.3) is 0 Å². The summed E-state index contributed by atoms with van der Waals surface area (Å²) in [6.45, 7) is 2.28. The fourth-order valence-corrected chi connectivity index (χ4v) is 4.33. The van der Waals surface area contributed by atoms with Crippen LogP contribution in [-0.4, -0.2) is 0 Å². The molecule has 1 aliphatic rings. The molecule has 0 radical (unpaired) electrons. The van der Waals surface area contributed by atoms with Gasteiger partial charge in [-0.15, -0.1) is 0 Å². The third-order valence-corrected chi connectivity index (χ3v) is 6.12. The number of hydrogen-bond donors (Lipinski definition) is 0. The molecule has 0 heterocycles. The van der Waals surface area contributed by atoms with Gasteiger partial charge in [0.2, 0.25) is 0 Å². The topological polar surface area (TPSA) is 23.8 Å². The van der Waals surface area contributed by atoms with Crippen molar-refractivity contribution in [1.29, 1.82) is 5.26 Å². The Morgan fingerprint density at radius 1 is 0.963 bits per heavy atom. The molecule has 142 valence electrons. The summed E-state index contributed by atoms with van der Waals surface area (Å²) in [5.41, 5.74) is 3.84. The molecule has 3 rings (SSSR count). The summed E-state index contributed by atoms with van der Waals surface area (Å²) in [7, 11) is 0. The van der Waals surface area contributed by atoms with Crippen molar-refractivity contribution in [2.45, 2.75) is 70.6 Å². The Kier molecular flexibility index (Phi) is 7.04. The van der Waals surface area contributed by atoms with Gasteiger partial charge in [-0.3, -0.25) is 0 Å². The number of rotatable bonds is 7. The molecule has 0 saturated heterocycles. The Balaban J connectivity index is 1.51. The first-order valence-electron chi connectivity index (χ1n) is 10.5. The van der Waals surface area contributed by atoms with E-state index in [0.29, 0.717) is 0 Å². The number of benzene rings is 2. The van der Waals surface area contributed by atoms with E-state index in [9.17, 15) is 4.39 Å². The standard InChI is InChI=1S/C25H30FN/c1-2-3-4-19-7-12-22(13-8-19)23-14-9-20(10-15-23)5-6-21-11-16-24(18-27)25(26)17-21/h9-11,14-17,19,22H,2-8,12-13H2,1H3/t19-,22-. The minimum atomic E-state index is -0.417. The smallest absolute Gasteiger partial charge is 0.141 e. The van der Waals surface area contributed by atoms with E-state index in [0.717, 1.165) is 30.2 Å². The van der Waals surface area contributed by atoms with Crippen LogP contribution in [-0.2, 0) is 12.8 Å². The van der Waals surface area contributed by atoms with Gasteiger partial charge < -0.3 is 0 Å². The summed E-state index contributed by atoms with van der Waals surface area (Å²) in [6, 6.07) is 15.9. The molecule has 0 unspecified atom stereocenters. The molecule has 0 N–H and O–H groups in total. The van der Waals surface area contributed by atoms with Gasteiger partial charge in [0.05, 0.1) is 5.56 Å². The second-order valence-corrected chi connectivity index (χ2v) is 8.03. The first-order chi connectivity index (χ1) is 13.2. The quantitative estimate of drug-likeness (QED) is 0.522. The van der Waals surface area contributed by atoms with Gasteiger partial charge in [-0.05, 0) is 79.2 Å². The summed E-state index contributed by atoms with van der Waals surface area (Å²) in [4.78, 5) is 0. The highest BCUT2D eigenvalue weighted by Gasteiger charge is 2.21. The van der Waals surface area contributed by atoms with Crippen LogP contribution in [0.1, 0.15) is 80.0 Å². The third-order valence-electron chi connectivity index (χ3n) is 6.12. The number of nitriles is 1. The van der Waals surface area contributed by atoms with E-state index >= 15 is 0 Å². The van der Waals surface area contributed by atoms with Gasteiger partial charge in [0.1, 0.15) is 11.9 Å². The molecule has 1 nitrogen and oxygen atoms in total. The van der Waals surface area contributed by atoms with Crippen LogP contribution >= 0.6 is 0 Å². The van der Waals surface area contributed by atoms with E-state index in [4.69, 9.17) is 5.26 Å². The molecule has 1 fully saturated rings. The van der Waals surface area contributed by atoms with Crippen LogP contribution in [0.2, 0.25) is 0 Å². The maximum Gasteiger partial charge on any atom is 0.141 e. The van der Waals surface area contributed by atoms with Crippen LogP contribution in [0, 0.1) is 23.1 Å². The van der Waals surface area contributed by atoms with Gasteiger partial charge in [-0.25, -0.2) is 4.39 Å². The molecular formula is C25H30FN. The van der Waals surface area contributed by atoms with E-state index in [1.54, 1.807) is 6.07 Å². The van der Waals surface area contributed by atoms with Crippen molar-refractivity contribution in [1.82, 2.24) is 0 Å². The van der Waals surface area contributed by atoms with E-state index in [1.807, 2.05) is 12.1 Å². The van der Waals surface area contributed by atoms with Crippen molar-refractivity contribution in [3.63, 3.8) is 0 Å². The minimum Gasteiger partial charge on any atom is -0.206 e. The zero-order chi connectivity index (χ0) is 19.1. The SMILES string of the molecule is CCCC[C@H]1CC[C@H](c2ccc(CCc3ccc(C#N)c(F)c3)cc2)CC1. The van der Waals surface area contributed by atoms with Crippen molar-refractivity contribution in [2.75, 3.05) is 0 Å². The predicted octanol–water partition coefficient (Wildman–Crippen LogP) is 6.95. The largest absolute Gasteiger partial charge is 0.206 e. The zero-order valence-corrected chi connectivity index (χ0v) is 16.4. The van der Waals surface area contributed by atoms with Crippen LogP contribution in [0.5, 0.6) is 0 Å². The first kappa shape index (κ1) is 19.6. The second kappa shape index (κ2) is 9.70. The average molecular weight is 364 g/mol. The van der Waals surface area contributed by atoms with Crippen LogP contribution in [0.3, 0.4) is 0 Å². The average Bonchev–Trinajstić information content (AvgIpc) is 2.71. The fourth-order valence-electron chi connectivity index (χ4n) is 4.33. The molecular weight excluding hydrogens is 333 g/mol. The molecule has 1 aliphatic carbocycles. The molecule has 27 heavy (non-hydrogen) atoms. The lowest BCUT2D eigenvalue weighted by molar-refractivity contribution is 0.304. The van der Waals surface area contributed by atoms with Crippen molar-refractivity contribution in [2.24, 2.45) is 5.92 Å². The molecule has 0 spiro atoms. The molecule has 0 bridgehead atoms. The van der Waals surface area contributed by atoms with Crippen molar-refractivity contribution >= 4 is 0 Å². The van der Waals surface area contributed by atoms with Gasteiger partial charge in [-0.2, -0.15) is 5.26 Å². The monoisotopic (exact) mass is 363 g/mol. The van der Waals surface area contributed by atoms with E-state index < -0.39 is 5.82 Å². The first-order valence-corrected chi connectivity index (χ1v) is 10.5. The molecule has 1 saturated carbocycles. The summed E-state index contributed by atoms with van der Waals surface area (Å²) >= 11 is 0. The Hall–Kier alpha value is -2.14. The highest BCUT2D eigenvalue weighted by atomic mass is 19.1. The summed E-state index contributed by atoms with van der Waals surface area (Å²) in [6.07, 6.45) is 11.2. The normalized spacial score (nSPS) is 19.6. The number of unbranched alkanes of at least 4 members (excludes halogenated alkanes) is 1. The van der Waals surface area contributed by atoms with Gasteiger partial charge in [-0.1, -0.05) is 56.5 Å². The number of hydrogen-bond acceptors (Lipinski definition) is 1. The van der Waals surface area contributed by atoms with Crippen molar-refractivity contribution in [3.8, 4) is 6.07 Å². The molecule has 0 aliphatic heterocycles. The van der Waals surface area contributed by atoms with Gasteiger partial charge in [0.25, 0.3) is 0 Å². The molecule has 2 aromatic carbocycles. The lowest BCUT2D eigenvalue weighted by Gasteiger charge is -2.29. The predicted molar refractivity (Wildman–Crippen MR) is 109 cm³/mol. The van der Waals surface area contributed by atoms with E-state index in [-0.39, 0.29) is 5.56 Å². The number of nitrogens with zero attached hydrogens (tertiary/aromatic N) is 1. The Morgan fingerprint density at radius 3 is 2.26 bits per heavy atom. The van der Waals surface area contributed by atoms with Crippen LogP contribution in [0.4, 0.5) is 4.39 Å². The molecule has 0 atom stereocenters. The maximum absolute atomic E-state index is 13.7. The Bertz CT molecular complexity index is 764. The number of halogens is 1. The maximum atomic E-state index is 13.7. The fraction of sp³-hybridized carbons (Fsp3) is 0.480. The zero-order valence-electron chi connectivity index (χ0n) is 16.4. The molecule has 2 aromatic rings. The summed E-state index contributed by atoms with van der Waals surface area (Å²) in [5, 5.41) is 8.81. The van der Waals surface area contributed by atoms with Crippen LogP contribution in [0.15, 0.2) is 42.5 Å². The van der Waals surface area contributed by atoms with Gasteiger partial charge >= 0.3 is 0 Å². The van der Waals surface area contributed by atoms with E-state index in [2.05, 4.69) is 31.2 Å². The van der Waals surface area contributed by atoms with Crippen molar-refractivity contribution in [3.05, 3.63) is 70.5 Å². The highest BCUT2D eigenvalue weighted by molar-refractivity contribution is 5.34.